The van der Waals surface area contributed by atoms with Crippen LogP contribution < -0.4 is 21.7 Å². The second-order valence-electron chi connectivity index (χ2n) is 7.94. The van der Waals surface area contributed by atoms with Crippen LogP contribution in [0.25, 0.3) is 0 Å². The van der Waals surface area contributed by atoms with Crippen LogP contribution in [0.4, 0.5) is 0 Å². The van der Waals surface area contributed by atoms with E-state index >= 15 is 0 Å². The third kappa shape index (κ3) is 9.27. The van der Waals surface area contributed by atoms with E-state index < -0.39 is 47.9 Å². The van der Waals surface area contributed by atoms with E-state index in [0.717, 1.165) is 11.3 Å². The number of rotatable bonds is 13. The van der Waals surface area contributed by atoms with E-state index in [1.807, 2.05) is 12.3 Å². The number of aliphatic carboxylic acids is 1. The summed E-state index contributed by atoms with van der Waals surface area (Å²) >= 11 is 1.57. The molecule has 0 bridgehead atoms. The Kier molecular flexibility index (Phi) is 11.8. The van der Waals surface area contributed by atoms with E-state index in [-0.39, 0.29) is 12.3 Å². The highest BCUT2D eigenvalue weighted by Crippen LogP contribution is 2.07. The van der Waals surface area contributed by atoms with Crippen LogP contribution in [0.15, 0.2) is 30.3 Å². The van der Waals surface area contributed by atoms with Gasteiger partial charge >= 0.3 is 5.97 Å². The summed E-state index contributed by atoms with van der Waals surface area (Å²) in [5.41, 5.74) is 6.63. The van der Waals surface area contributed by atoms with Gasteiger partial charge in [0.25, 0.3) is 0 Å². The predicted molar refractivity (Wildman–Crippen MR) is 125 cm³/mol. The molecule has 4 unspecified atom stereocenters. The number of thioether (sulfide) groups is 1. The maximum Gasteiger partial charge on any atom is 0.326 e. The van der Waals surface area contributed by atoms with E-state index in [0.29, 0.717) is 6.42 Å². The van der Waals surface area contributed by atoms with Crippen molar-refractivity contribution in [3.63, 3.8) is 0 Å². The van der Waals surface area contributed by atoms with E-state index in [2.05, 4.69) is 16.0 Å². The first-order valence-electron chi connectivity index (χ1n) is 10.5. The molecule has 0 fully saturated rings. The summed E-state index contributed by atoms with van der Waals surface area (Å²) in [6.45, 7) is 4.86. The van der Waals surface area contributed by atoms with E-state index in [1.165, 1.54) is 6.92 Å². The summed E-state index contributed by atoms with van der Waals surface area (Å²) in [5.74, 6) is -2.41. The average Bonchev–Trinajstić information content (AvgIpc) is 2.75. The molecule has 10 heteroatoms. The third-order valence-electron chi connectivity index (χ3n) is 4.87. The van der Waals surface area contributed by atoms with Crippen LogP contribution in [0, 0.1) is 5.92 Å². The zero-order chi connectivity index (χ0) is 24.3. The van der Waals surface area contributed by atoms with Crippen LogP contribution in [0.2, 0.25) is 0 Å². The molecule has 32 heavy (non-hydrogen) atoms. The molecule has 1 rings (SSSR count). The monoisotopic (exact) mass is 466 g/mol. The number of carbonyl (C=O) groups excluding carboxylic acids is 3. The van der Waals surface area contributed by atoms with Crippen LogP contribution in [0.3, 0.4) is 0 Å². The number of hydrogen-bond acceptors (Lipinski definition) is 6. The fourth-order valence-electron chi connectivity index (χ4n) is 2.89. The fraction of sp³-hybridized carbons (Fsp3) is 0.545. The molecule has 178 valence electrons. The standard InChI is InChI=1S/C22H34N4O5S/c1-13(2)18(22(30)31)26-21(29)17(12-15-8-6-5-7-9-15)25-19(27)14(3)24-20(28)16(23)10-11-32-4/h5-9,13-14,16-18H,10-12,23H2,1-4H3,(H,24,28)(H,25,27)(H,26,29)(H,30,31). The first kappa shape index (κ1) is 27.4. The van der Waals surface area contributed by atoms with Crippen LogP contribution in [0.5, 0.6) is 0 Å². The van der Waals surface area contributed by atoms with Gasteiger partial charge in [0.2, 0.25) is 17.7 Å². The first-order valence-corrected chi connectivity index (χ1v) is 11.9. The van der Waals surface area contributed by atoms with Gasteiger partial charge in [-0.1, -0.05) is 44.2 Å². The second kappa shape index (κ2) is 13.7. The Balaban J connectivity index is 2.90. The van der Waals surface area contributed by atoms with Gasteiger partial charge in [0.05, 0.1) is 6.04 Å². The van der Waals surface area contributed by atoms with Crippen LogP contribution in [0.1, 0.15) is 32.8 Å². The van der Waals surface area contributed by atoms with Crippen molar-refractivity contribution in [3.8, 4) is 0 Å². The van der Waals surface area contributed by atoms with Gasteiger partial charge in [-0.25, -0.2) is 4.79 Å². The molecule has 9 nitrogen and oxygen atoms in total. The van der Waals surface area contributed by atoms with Crippen molar-refractivity contribution in [2.24, 2.45) is 11.7 Å². The molecule has 3 amide bonds. The molecule has 1 aromatic carbocycles. The lowest BCUT2D eigenvalue weighted by atomic mass is 10.0. The highest BCUT2D eigenvalue weighted by molar-refractivity contribution is 7.98. The van der Waals surface area contributed by atoms with E-state index in [9.17, 15) is 24.3 Å². The van der Waals surface area contributed by atoms with E-state index in [4.69, 9.17) is 5.73 Å². The molecule has 0 aromatic heterocycles. The molecular weight excluding hydrogens is 432 g/mol. The van der Waals surface area contributed by atoms with Gasteiger partial charge in [-0.15, -0.1) is 0 Å². The van der Waals surface area contributed by atoms with Gasteiger partial charge in [-0.2, -0.15) is 11.8 Å². The molecule has 0 aliphatic rings. The zero-order valence-corrected chi connectivity index (χ0v) is 19.8. The number of benzene rings is 1. The molecule has 1 aromatic rings. The lowest BCUT2D eigenvalue weighted by Crippen LogP contribution is -2.57. The number of carboxylic acids is 1. The molecule has 0 saturated heterocycles. The first-order chi connectivity index (χ1) is 15.1. The highest BCUT2D eigenvalue weighted by Gasteiger charge is 2.30. The Labute approximate surface area is 193 Å². The van der Waals surface area contributed by atoms with Gasteiger partial charge in [0.1, 0.15) is 18.1 Å². The summed E-state index contributed by atoms with van der Waals surface area (Å²) in [6, 6.07) is 5.28. The summed E-state index contributed by atoms with van der Waals surface area (Å²) in [5, 5.41) is 17.1. The predicted octanol–water partition coefficient (Wildman–Crippen LogP) is 0.524. The Morgan fingerprint density at radius 1 is 0.969 bits per heavy atom. The molecule has 4 atom stereocenters. The van der Waals surface area contributed by atoms with Crippen LogP contribution in [-0.4, -0.2) is 65.0 Å². The molecule has 0 heterocycles. The van der Waals surface area contributed by atoms with Crippen molar-refractivity contribution in [2.45, 2.75) is 57.8 Å². The fourth-order valence-corrected chi connectivity index (χ4v) is 3.37. The molecule has 0 radical (unpaired) electrons. The number of nitrogens with one attached hydrogen (secondary N) is 3. The summed E-state index contributed by atoms with van der Waals surface area (Å²) in [7, 11) is 0. The maximum absolute atomic E-state index is 12.9. The summed E-state index contributed by atoms with van der Waals surface area (Å²) < 4.78 is 0. The average molecular weight is 467 g/mol. The molecule has 0 saturated carbocycles. The Hall–Kier alpha value is -2.59. The number of carbonyl (C=O) groups is 4. The topological polar surface area (TPSA) is 151 Å². The van der Waals surface area contributed by atoms with Gasteiger partial charge in [0, 0.05) is 6.42 Å². The Morgan fingerprint density at radius 3 is 2.12 bits per heavy atom. The van der Waals surface area contributed by atoms with Gasteiger partial charge < -0.3 is 26.8 Å². The van der Waals surface area contributed by atoms with Crippen LogP contribution in [-0.2, 0) is 25.6 Å². The number of nitrogens with two attached hydrogens (primary N) is 1. The maximum atomic E-state index is 12.9. The molecule has 0 spiro atoms. The van der Waals surface area contributed by atoms with Crippen molar-refractivity contribution >= 4 is 35.5 Å². The van der Waals surface area contributed by atoms with Crippen molar-refractivity contribution in [1.29, 1.82) is 0 Å². The third-order valence-corrected chi connectivity index (χ3v) is 5.51. The highest BCUT2D eigenvalue weighted by atomic mass is 32.2. The minimum atomic E-state index is -1.15. The summed E-state index contributed by atoms with van der Waals surface area (Å²) in [6.07, 6.45) is 2.55. The number of carboxylic acid groups (broad SMARTS) is 1. The van der Waals surface area contributed by atoms with Crippen LogP contribution >= 0.6 is 11.8 Å². The quantitative estimate of drug-likeness (QED) is 0.284. The van der Waals surface area contributed by atoms with Crippen molar-refractivity contribution in [2.75, 3.05) is 12.0 Å². The minimum absolute atomic E-state index is 0.163. The molecule has 6 N–H and O–H groups in total. The largest absolute Gasteiger partial charge is 0.480 e. The van der Waals surface area contributed by atoms with E-state index in [1.54, 1.807) is 49.9 Å². The van der Waals surface area contributed by atoms with Gasteiger partial charge in [-0.05, 0) is 36.8 Å². The normalized spacial score (nSPS) is 14.7. The Bertz CT molecular complexity index is 775. The van der Waals surface area contributed by atoms with Crippen molar-refractivity contribution in [3.05, 3.63) is 35.9 Å². The smallest absolute Gasteiger partial charge is 0.326 e. The lowest BCUT2D eigenvalue weighted by Gasteiger charge is -2.25. The molecule has 0 aliphatic carbocycles. The lowest BCUT2D eigenvalue weighted by molar-refractivity contribution is -0.143. The molecular formula is C22H34N4O5S. The minimum Gasteiger partial charge on any atom is -0.480 e. The van der Waals surface area contributed by atoms with Gasteiger partial charge in [-0.3, -0.25) is 14.4 Å². The number of hydrogen-bond donors (Lipinski definition) is 5. The molecule has 0 aliphatic heterocycles. The van der Waals surface area contributed by atoms with Gasteiger partial charge in [0.15, 0.2) is 0 Å². The number of amides is 3. The van der Waals surface area contributed by atoms with Crippen molar-refractivity contribution in [1.82, 2.24) is 16.0 Å². The van der Waals surface area contributed by atoms with Crippen molar-refractivity contribution < 1.29 is 24.3 Å². The Morgan fingerprint density at radius 2 is 1.59 bits per heavy atom. The SMILES string of the molecule is CSCCC(N)C(=O)NC(C)C(=O)NC(Cc1ccccc1)C(=O)NC(C(=O)O)C(C)C. The summed E-state index contributed by atoms with van der Waals surface area (Å²) in [4.78, 5) is 49.3. The second-order valence-corrected chi connectivity index (χ2v) is 8.92. The zero-order valence-electron chi connectivity index (χ0n) is 19.0.